The smallest absolute Gasteiger partial charge is 0.324 e. The van der Waals surface area contributed by atoms with Crippen molar-refractivity contribution in [2.75, 3.05) is 13.2 Å². The summed E-state index contributed by atoms with van der Waals surface area (Å²) in [6.45, 7) is 2.40. The van der Waals surface area contributed by atoms with E-state index >= 15 is 0 Å². The molecule has 0 atom stereocenters. The Hall–Kier alpha value is 1.15. The van der Waals surface area contributed by atoms with Gasteiger partial charge in [-0.05, 0) is 24.6 Å². The van der Waals surface area contributed by atoms with Crippen LogP contribution in [0, 0.1) is 0 Å². The Balaban J connectivity index is 0. The molecule has 0 bridgehead atoms. The molecule has 0 aliphatic rings. The van der Waals surface area contributed by atoms with Crippen LogP contribution in [-0.4, -0.2) is 18.1 Å². The van der Waals surface area contributed by atoms with Crippen molar-refractivity contribution in [3.8, 4) is 0 Å². The fourth-order valence-electron chi connectivity index (χ4n) is 1.45. The first-order valence-electron chi connectivity index (χ1n) is 6.74. The molecule has 0 aliphatic heterocycles. The third kappa shape index (κ3) is 15.2. The zero-order chi connectivity index (χ0) is 13.0. The Morgan fingerprint density at radius 2 is 1.22 bits per heavy atom. The minimum absolute atomic E-state index is 0. The van der Waals surface area contributed by atoms with E-state index in [1.165, 1.54) is 25.7 Å². The molecule has 0 spiro atoms. The molecule has 1 N–H and O–H groups in total. The summed E-state index contributed by atoms with van der Waals surface area (Å²) < 4.78 is 10.5. The average Bonchev–Trinajstić information content (AvgIpc) is 2.28. The molecule has 0 saturated carbocycles. The SMILES string of the molecule is CCCCCCOP(O)(=S)OCCCCCC.[Zn]. The van der Waals surface area contributed by atoms with Crippen molar-refractivity contribution in [2.45, 2.75) is 65.2 Å². The normalized spacial score (nSPS) is 11.3. The van der Waals surface area contributed by atoms with Gasteiger partial charge in [0.2, 0.25) is 0 Å². The van der Waals surface area contributed by atoms with Crippen LogP contribution in [-0.2, 0) is 40.3 Å². The predicted octanol–water partition coefficient (Wildman–Crippen LogP) is 4.39. The molecule has 0 aliphatic carbocycles. The molecule has 0 aromatic rings. The van der Waals surface area contributed by atoms with Gasteiger partial charge < -0.3 is 13.9 Å². The molecule has 0 saturated heterocycles. The maximum atomic E-state index is 9.71. The van der Waals surface area contributed by atoms with Crippen molar-refractivity contribution >= 4 is 18.5 Å². The van der Waals surface area contributed by atoms with E-state index in [-0.39, 0.29) is 19.5 Å². The van der Waals surface area contributed by atoms with Crippen LogP contribution in [0.4, 0.5) is 0 Å². The Morgan fingerprint density at radius 1 is 0.833 bits per heavy atom. The first-order valence-corrected chi connectivity index (χ1v) is 9.33. The average molecular weight is 348 g/mol. The van der Waals surface area contributed by atoms with Gasteiger partial charge in [0.15, 0.2) is 0 Å². The van der Waals surface area contributed by atoms with Gasteiger partial charge >= 0.3 is 6.72 Å². The van der Waals surface area contributed by atoms with Gasteiger partial charge in [0.1, 0.15) is 0 Å². The van der Waals surface area contributed by atoms with E-state index in [1.54, 1.807) is 0 Å². The van der Waals surface area contributed by atoms with Crippen LogP contribution in [0.2, 0.25) is 0 Å². The van der Waals surface area contributed by atoms with Crippen molar-refractivity contribution in [3.63, 3.8) is 0 Å². The number of hydrogen-bond donors (Lipinski definition) is 1. The van der Waals surface area contributed by atoms with Crippen molar-refractivity contribution < 1.29 is 33.4 Å². The van der Waals surface area contributed by atoms with E-state index < -0.39 is 6.72 Å². The van der Waals surface area contributed by atoms with Crippen molar-refractivity contribution in [1.29, 1.82) is 0 Å². The van der Waals surface area contributed by atoms with Crippen LogP contribution >= 0.6 is 6.72 Å². The molecule has 0 aromatic heterocycles. The van der Waals surface area contributed by atoms with Gasteiger partial charge in [-0.3, -0.25) is 0 Å². The third-order valence-corrected chi connectivity index (χ3v) is 4.15. The van der Waals surface area contributed by atoms with Crippen molar-refractivity contribution in [2.24, 2.45) is 0 Å². The summed E-state index contributed by atoms with van der Waals surface area (Å²) in [5.74, 6) is 0. The summed E-state index contributed by atoms with van der Waals surface area (Å²) in [5, 5.41) is 0. The summed E-state index contributed by atoms with van der Waals surface area (Å²) in [6.07, 6.45) is 8.95. The van der Waals surface area contributed by atoms with E-state index in [0.29, 0.717) is 13.2 Å². The number of unbranched alkanes of at least 4 members (excludes halogenated alkanes) is 6. The molecule has 0 fully saturated rings. The molecule has 0 rings (SSSR count). The zero-order valence-electron chi connectivity index (χ0n) is 11.9. The summed E-state index contributed by atoms with van der Waals surface area (Å²) in [4.78, 5) is 9.71. The van der Waals surface area contributed by atoms with Gasteiger partial charge in [0.25, 0.3) is 0 Å². The quantitative estimate of drug-likeness (QED) is 0.323. The predicted molar refractivity (Wildman–Crippen MR) is 76.7 cm³/mol. The van der Waals surface area contributed by atoms with E-state index in [9.17, 15) is 4.89 Å². The summed E-state index contributed by atoms with van der Waals surface area (Å²) in [7, 11) is 0. The molecule has 0 heterocycles. The van der Waals surface area contributed by atoms with Gasteiger partial charge in [0, 0.05) is 19.5 Å². The maximum Gasteiger partial charge on any atom is 0.324 e. The van der Waals surface area contributed by atoms with Crippen molar-refractivity contribution in [1.82, 2.24) is 0 Å². The second-order valence-corrected chi connectivity index (χ2v) is 7.09. The second kappa shape index (κ2) is 14.6. The molecule has 106 valence electrons. The van der Waals surface area contributed by atoms with E-state index in [4.69, 9.17) is 20.9 Å². The molecule has 3 nitrogen and oxygen atoms in total. The van der Waals surface area contributed by atoms with Crippen LogP contribution in [0.1, 0.15) is 65.2 Å². The minimum Gasteiger partial charge on any atom is -0.324 e. The first-order chi connectivity index (χ1) is 8.12. The summed E-state index contributed by atoms with van der Waals surface area (Å²) in [5.41, 5.74) is 0. The van der Waals surface area contributed by atoms with Gasteiger partial charge in [-0.15, -0.1) is 0 Å². The molecule has 0 radical (unpaired) electrons. The van der Waals surface area contributed by atoms with Crippen LogP contribution in [0.5, 0.6) is 0 Å². The molecule has 18 heavy (non-hydrogen) atoms. The standard InChI is InChI=1S/C12H27O3PS.Zn/c1-3-5-7-9-11-14-16(13,17)15-12-10-8-6-4-2;/h3-12H2,1-2H3,(H,13,17);. The molecule has 6 heteroatoms. The molecular formula is C12H27O3PSZn. The van der Waals surface area contributed by atoms with E-state index in [0.717, 1.165) is 25.7 Å². The van der Waals surface area contributed by atoms with E-state index in [1.807, 2.05) is 0 Å². The Morgan fingerprint density at radius 3 is 1.56 bits per heavy atom. The Labute approximate surface area is 130 Å². The van der Waals surface area contributed by atoms with Crippen LogP contribution in [0.3, 0.4) is 0 Å². The fraction of sp³-hybridized carbons (Fsp3) is 1.00. The topological polar surface area (TPSA) is 38.7 Å². The number of rotatable bonds is 12. The molecule has 0 amide bonds. The minimum atomic E-state index is -2.96. The van der Waals surface area contributed by atoms with Gasteiger partial charge in [-0.2, -0.15) is 0 Å². The zero-order valence-corrected chi connectivity index (χ0v) is 16.6. The molecule has 0 unspecified atom stereocenters. The number of hydrogen-bond acceptors (Lipinski definition) is 3. The summed E-state index contributed by atoms with van der Waals surface area (Å²) in [6, 6.07) is 0. The fourth-order valence-corrected chi connectivity index (χ4v) is 2.70. The van der Waals surface area contributed by atoms with Crippen LogP contribution in [0.25, 0.3) is 0 Å². The van der Waals surface area contributed by atoms with Crippen LogP contribution < -0.4 is 0 Å². The summed E-state index contributed by atoms with van der Waals surface area (Å²) >= 11 is 4.92. The first kappa shape index (κ1) is 21.5. The Bertz CT molecular complexity index is 199. The third-order valence-electron chi connectivity index (χ3n) is 2.50. The second-order valence-electron chi connectivity index (χ2n) is 4.26. The van der Waals surface area contributed by atoms with Gasteiger partial charge in [0.05, 0.1) is 13.2 Å². The molecular weight excluding hydrogens is 321 g/mol. The monoisotopic (exact) mass is 346 g/mol. The van der Waals surface area contributed by atoms with Crippen molar-refractivity contribution in [3.05, 3.63) is 0 Å². The Kier molecular flexibility index (Phi) is 17.4. The molecule has 0 aromatic carbocycles. The van der Waals surface area contributed by atoms with E-state index in [2.05, 4.69) is 13.8 Å². The maximum absolute atomic E-state index is 9.71. The largest absolute Gasteiger partial charge is 0.324 e. The van der Waals surface area contributed by atoms with Crippen LogP contribution in [0.15, 0.2) is 0 Å². The van der Waals surface area contributed by atoms with Gasteiger partial charge in [-0.1, -0.05) is 52.4 Å². The van der Waals surface area contributed by atoms with Gasteiger partial charge in [-0.25, -0.2) is 0 Å².